The van der Waals surface area contributed by atoms with Crippen molar-refractivity contribution in [2.45, 2.75) is 37.7 Å². The molecule has 0 spiro atoms. The van der Waals surface area contributed by atoms with Gasteiger partial charge in [0, 0.05) is 29.2 Å². The highest BCUT2D eigenvalue weighted by atomic mass is 79.9. The zero-order valence-corrected chi connectivity index (χ0v) is 14.6. The minimum Gasteiger partial charge on any atom is -0.398 e. The molecule has 3 N–H and O–H groups in total. The van der Waals surface area contributed by atoms with Crippen LogP contribution < -0.4 is 10.5 Å². The second-order valence-corrected chi connectivity index (χ2v) is 7.99. The lowest BCUT2D eigenvalue weighted by Crippen LogP contribution is -2.33. The van der Waals surface area contributed by atoms with Gasteiger partial charge in [0.25, 0.3) is 0 Å². The van der Waals surface area contributed by atoms with E-state index in [1.54, 1.807) is 19.1 Å². The zero-order chi connectivity index (χ0) is 15.6. The molecule has 7 heteroatoms. The summed E-state index contributed by atoms with van der Waals surface area (Å²) in [6, 6.07) is 3.28. The standard InChI is InChI=1S/C14H21BrN2O3S/c1-3-13-10(4-5-20-13)8-17-21(18,19)14-7-11(15)6-12(16)9(14)2/h6-7,10,13,17H,3-5,8,16H2,1-2H3. The Balaban J connectivity index is 2.16. The van der Waals surface area contributed by atoms with Crippen molar-refractivity contribution in [2.75, 3.05) is 18.9 Å². The SMILES string of the molecule is CCC1OCCC1CNS(=O)(=O)c1cc(Br)cc(N)c1C. The second kappa shape index (κ2) is 6.64. The lowest BCUT2D eigenvalue weighted by molar-refractivity contribution is 0.0884. The highest BCUT2D eigenvalue weighted by Crippen LogP contribution is 2.27. The van der Waals surface area contributed by atoms with E-state index in [4.69, 9.17) is 10.5 Å². The van der Waals surface area contributed by atoms with Crippen molar-refractivity contribution in [1.82, 2.24) is 4.72 Å². The lowest BCUT2D eigenvalue weighted by atomic mass is 10.0. The number of benzene rings is 1. The Morgan fingerprint density at radius 1 is 1.48 bits per heavy atom. The van der Waals surface area contributed by atoms with Crippen LogP contribution in [0.25, 0.3) is 0 Å². The third-order valence-electron chi connectivity index (χ3n) is 3.94. The summed E-state index contributed by atoms with van der Waals surface area (Å²) in [5.41, 5.74) is 6.87. The van der Waals surface area contributed by atoms with E-state index in [2.05, 4.69) is 27.6 Å². The maximum Gasteiger partial charge on any atom is 0.240 e. The van der Waals surface area contributed by atoms with Gasteiger partial charge >= 0.3 is 0 Å². The maximum absolute atomic E-state index is 12.5. The molecule has 2 atom stereocenters. The third kappa shape index (κ3) is 3.77. The van der Waals surface area contributed by atoms with Gasteiger partial charge in [0.2, 0.25) is 10.0 Å². The quantitative estimate of drug-likeness (QED) is 0.773. The summed E-state index contributed by atoms with van der Waals surface area (Å²) >= 11 is 3.29. The van der Waals surface area contributed by atoms with E-state index in [9.17, 15) is 8.42 Å². The van der Waals surface area contributed by atoms with Gasteiger partial charge in [-0.1, -0.05) is 22.9 Å². The van der Waals surface area contributed by atoms with Gasteiger partial charge in [-0.05, 0) is 37.5 Å². The highest BCUT2D eigenvalue weighted by molar-refractivity contribution is 9.10. The summed E-state index contributed by atoms with van der Waals surface area (Å²) in [5, 5.41) is 0. The summed E-state index contributed by atoms with van der Waals surface area (Å²) in [5.74, 6) is 0.231. The van der Waals surface area contributed by atoms with E-state index in [1.807, 2.05) is 0 Å². The molecule has 0 saturated carbocycles. The van der Waals surface area contributed by atoms with Crippen molar-refractivity contribution in [2.24, 2.45) is 5.92 Å². The topological polar surface area (TPSA) is 81.4 Å². The fourth-order valence-corrected chi connectivity index (χ4v) is 4.64. The van der Waals surface area contributed by atoms with Crippen molar-refractivity contribution in [3.63, 3.8) is 0 Å². The monoisotopic (exact) mass is 376 g/mol. The molecule has 5 nitrogen and oxygen atoms in total. The van der Waals surface area contributed by atoms with E-state index in [0.717, 1.165) is 12.8 Å². The molecule has 1 heterocycles. The van der Waals surface area contributed by atoms with E-state index >= 15 is 0 Å². The summed E-state index contributed by atoms with van der Waals surface area (Å²) in [6.07, 6.45) is 1.93. The molecule has 21 heavy (non-hydrogen) atoms. The fourth-order valence-electron chi connectivity index (χ4n) is 2.63. The van der Waals surface area contributed by atoms with Crippen LogP contribution in [-0.4, -0.2) is 27.7 Å². The summed E-state index contributed by atoms with van der Waals surface area (Å²) in [7, 11) is -3.57. The number of ether oxygens (including phenoxy) is 1. The van der Waals surface area contributed by atoms with Crippen LogP contribution in [0.15, 0.2) is 21.5 Å². The molecule has 0 radical (unpaired) electrons. The maximum atomic E-state index is 12.5. The van der Waals surface area contributed by atoms with Gasteiger partial charge in [0.1, 0.15) is 0 Å². The first-order valence-corrected chi connectivity index (χ1v) is 9.29. The number of hydrogen-bond donors (Lipinski definition) is 2. The average Bonchev–Trinajstić information content (AvgIpc) is 2.88. The first-order chi connectivity index (χ1) is 9.85. The minimum atomic E-state index is -3.57. The minimum absolute atomic E-state index is 0.140. The van der Waals surface area contributed by atoms with E-state index < -0.39 is 10.0 Å². The van der Waals surface area contributed by atoms with E-state index in [-0.39, 0.29) is 16.9 Å². The van der Waals surface area contributed by atoms with Crippen molar-refractivity contribution in [3.8, 4) is 0 Å². The van der Waals surface area contributed by atoms with Crippen LogP contribution in [0, 0.1) is 12.8 Å². The first kappa shape index (κ1) is 16.7. The largest absolute Gasteiger partial charge is 0.398 e. The van der Waals surface area contributed by atoms with Crippen LogP contribution in [-0.2, 0) is 14.8 Å². The van der Waals surface area contributed by atoms with Crippen LogP contribution in [0.3, 0.4) is 0 Å². The smallest absolute Gasteiger partial charge is 0.240 e. The number of nitrogens with two attached hydrogens (primary N) is 1. The van der Waals surface area contributed by atoms with Crippen molar-refractivity contribution in [3.05, 3.63) is 22.2 Å². The first-order valence-electron chi connectivity index (χ1n) is 7.02. The molecule has 0 bridgehead atoms. The molecular weight excluding hydrogens is 356 g/mol. The molecule has 1 aliphatic rings. The van der Waals surface area contributed by atoms with Crippen LogP contribution >= 0.6 is 15.9 Å². The Morgan fingerprint density at radius 3 is 2.86 bits per heavy atom. The molecule has 2 rings (SSSR count). The highest BCUT2D eigenvalue weighted by Gasteiger charge is 2.28. The average molecular weight is 377 g/mol. The molecule has 0 amide bonds. The molecule has 1 saturated heterocycles. The van der Waals surface area contributed by atoms with Gasteiger partial charge in [-0.2, -0.15) is 0 Å². The van der Waals surface area contributed by atoms with Gasteiger partial charge in [0.05, 0.1) is 11.0 Å². The Labute approximate surface area is 134 Å². The van der Waals surface area contributed by atoms with Crippen molar-refractivity contribution in [1.29, 1.82) is 0 Å². The molecule has 0 aromatic heterocycles. The second-order valence-electron chi connectivity index (χ2n) is 5.34. The molecule has 1 aromatic rings. The molecule has 1 fully saturated rings. The lowest BCUT2D eigenvalue weighted by Gasteiger charge is -2.18. The summed E-state index contributed by atoms with van der Waals surface area (Å²) < 4.78 is 33.9. The van der Waals surface area contributed by atoms with Crippen molar-refractivity contribution < 1.29 is 13.2 Å². The Bertz CT molecular complexity index is 619. The van der Waals surface area contributed by atoms with Crippen LogP contribution in [0.2, 0.25) is 0 Å². The number of rotatable bonds is 5. The number of anilines is 1. The predicted octanol–water partition coefficient (Wildman–Crippen LogP) is 2.43. The summed E-state index contributed by atoms with van der Waals surface area (Å²) in [6.45, 7) is 4.86. The molecule has 1 aliphatic heterocycles. The molecule has 0 aliphatic carbocycles. The molecular formula is C14H21BrN2O3S. The number of sulfonamides is 1. The van der Waals surface area contributed by atoms with E-state index in [0.29, 0.717) is 28.9 Å². The summed E-state index contributed by atoms with van der Waals surface area (Å²) in [4.78, 5) is 0.223. The van der Waals surface area contributed by atoms with Gasteiger partial charge < -0.3 is 10.5 Å². The molecule has 1 aromatic carbocycles. The van der Waals surface area contributed by atoms with Crippen molar-refractivity contribution >= 4 is 31.6 Å². The Hall–Kier alpha value is -0.630. The molecule has 2 unspecified atom stereocenters. The van der Waals surface area contributed by atoms with Gasteiger partial charge in [0.15, 0.2) is 0 Å². The van der Waals surface area contributed by atoms with E-state index in [1.165, 1.54) is 0 Å². The molecule has 118 valence electrons. The van der Waals surface area contributed by atoms with Crippen LogP contribution in [0.4, 0.5) is 5.69 Å². The number of nitrogen functional groups attached to an aromatic ring is 1. The fraction of sp³-hybridized carbons (Fsp3) is 0.571. The number of nitrogens with one attached hydrogen (secondary N) is 1. The van der Waals surface area contributed by atoms with Crippen LogP contribution in [0.5, 0.6) is 0 Å². The Kier molecular flexibility index (Phi) is 5.29. The van der Waals surface area contributed by atoms with Gasteiger partial charge in [-0.25, -0.2) is 13.1 Å². The predicted molar refractivity (Wildman–Crippen MR) is 86.6 cm³/mol. The third-order valence-corrected chi connectivity index (χ3v) is 5.95. The zero-order valence-electron chi connectivity index (χ0n) is 12.2. The van der Waals surface area contributed by atoms with Gasteiger partial charge in [-0.15, -0.1) is 0 Å². The normalized spacial score (nSPS) is 22.6. The van der Waals surface area contributed by atoms with Crippen LogP contribution in [0.1, 0.15) is 25.3 Å². The Morgan fingerprint density at radius 2 is 2.19 bits per heavy atom. The van der Waals surface area contributed by atoms with Gasteiger partial charge in [-0.3, -0.25) is 0 Å². The number of hydrogen-bond acceptors (Lipinski definition) is 4. The number of halogens is 1.